The largest absolute Gasteiger partial charge is 0.378 e. The van der Waals surface area contributed by atoms with Crippen LogP contribution in [0, 0.1) is 0 Å². The number of hydrogen-bond donors (Lipinski definition) is 0. The van der Waals surface area contributed by atoms with Crippen LogP contribution in [0.3, 0.4) is 0 Å². The van der Waals surface area contributed by atoms with Crippen molar-refractivity contribution in [2.75, 3.05) is 13.2 Å². The summed E-state index contributed by atoms with van der Waals surface area (Å²) in [7, 11) is 0. The van der Waals surface area contributed by atoms with E-state index in [0.29, 0.717) is 6.61 Å². The summed E-state index contributed by atoms with van der Waals surface area (Å²) in [5.41, 5.74) is 3.75. The van der Waals surface area contributed by atoms with E-state index < -0.39 is 0 Å². The smallest absolute Gasteiger partial charge is 0.0650 e. The second-order valence-corrected chi connectivity index (χ2v) is 5.19. The van der Waals surface area contributed by atoms with Gasteiger partial charge in [-0.05, 0) is 42.4 Å². The molecule has 0 unspecified atom stereocenters. The second kappa shape index (κ2) is 7.30. The highest BCUT2D eigenvalue weighted by molar-refractivity contribution is 5.72. The van der Waals surface area contributed by atoms with Crippen LogP contribution in [-0.2, 0) is 4.74 Å². The van der Waals surface area contributed by atoms with Crippen molar-refractivity contribution < 1.29 is 4.74 Å². The van der Waals surface area contributed by atoms with E-state index >= 15 is 0 Å². The molecular formula is C18H24O. The molecule has 1 aliphatic carbocycles. The van der Waals surface area contributed by atoms with Crippen molar-refractivity contribution in [1.82, 2.24) is 0 Å². The molecule has 0 atom stereocenters. The zero-order valence-electron chi connectivity index (χ0n) is 11.9. The molecule has 0 amide bonds. The minimum absolute atomic E-state index is 0.662. The fourth-order valence-corrected chi connectivity index (χ4v) is 2.70. The van der Waals surface area contributed by atoms with E-state index in [4.69, 9.17) is 4.74 Å². The number of hydrogen-bond acceptors (Lipinski definition) is 1. The topological polar surface area (TPSA) is 9.23 Å². The fourth-order valence-electron chi connectivity index (χ4n) is 2.70. The molecule has 1 aromatic carbocycles. The van der Waals surface area contributed by atoms with E-state index in [0.717, 1.165) is 18.1 Å². The Hall–Kier alpha value is -1.34. The number of ether oxygens (including phenoxy) is 1. The average Bonchev–Trinajstić information content (AvgIpc) is 2.98. The first kappa shape index (κ1) is 14.1. The summed E-state index contributed by atoms with van der Waals surface area (Å²) in [5, 5.41) is 0. The molecule has 19 heavy (non-hydrogen) atoms. The Bertz CT molecular complexity index is 422. The summed E-state index contributed by atoms with van der Waals surface area (Å²) in [6, 6.07) is 8.93. The first-order valence-electron chi connectivity index (χ1n) is 7.34. The minimum Gasteiger partial charge on any atom is -0.378 e. The molecular weight excluding hydrogens is 232 g/mol. The summed E-state index contributed by atoms with van der Waals surface area (Å²) in [6.45, 7) is 7.53. The third-order valence-corrected chi connectivity index (χ3v) is 3.85. The summed E-state index contributed by atoms with van der Waals surface area (Å²) >= 11 is 0. The quantitative estimate of drug-likeness (QED) is 0.517. The highest BCUT2D eigenvalue weighted by Crippen LogP contribution is 2.34. The van der Waals surface area contributed by atoms with Gasteiger partial charge in [-0.3, -0.25) is 0 Å². The highest BCUT2D eigenvalue weighted by Gasteiger charge is 2.16. The van der Waals surface area contributed by atoms with E-state index in [9.17, 15) is 0 Å². The summed E-state index contributed by atoms with van der Waals surface area (Å²) in [5.74, 6) is 0.788. The maximum Gasteiger partial charge on any atom is 0.0650 e. The lowest BCUT2D eigenvalue weighted by Gasteiger charge is -2.10. The predicted molar refractivity (Wildman–Crippen MR) is 82.3 cm³/mol. The molecule has 1 fully saturated rings. The molecule has 102 valence electrons. The molecule has 2 rings (SSSR count). The van der Waals surface area contributed by atoms with Crippen LogP contribution in [0.25, 0.3) is 5.57 Å². The standard InChI is InChI=1S/C18H24O/c1-3-19-14-6-7-15(2)16-10-12-18(13-11-16)17-8-4-5-9-17/h6-7,10-13,17H,2-5,8-9,14H2,1H3/b7-6-. The Labute approximate surface area is 117 Å². The van der Waals surface area contributed by atoms with Gasteiger partial charge in [-0.1, -0.05) is 55.8 Å². The van der Waals surface area contributed by atoms with Crippen molar-refractivity contribution in [3.63, 3.8) is 0 Å². The molecule has 0 heterocycles. The fraction of sp³-hybridized carbons (Fsp3) is 0.444. The van der Waals surface area contributed by atoms with Crippen molar-refractivity contribution in [1.29, 1.82) is 0 Å². The molecule has 0 saturated heterocycles. The van der Waals surface area contributed by atoms with Crippen molar-refractivity contribution >= 4 is 5.57 Å². The summed E-state index contributed by atoms with van der Waals surface area (Å²) in [4.78, 5) is 0. The van der Waals surface area contributed by atoms with Crippen LogP contribution in [0.5, 0.6) is 0 Å². The predicted octanol–water partition coefficient (Wildman–Crippen LogP) is 4.95. The van der Waals surface area contributed by atoms with Gasteiger partial charge in [-0.25, -0.2) is 0 Å². The highest BCUT2D eigenvalue weighted by atomic mass is 16.5. The maximum absolute atomic E-state index is 5.28. The van der Waals surface area contributed by atoms with E-state index in [1.807, 2.05) is 19.1 Å². The van der Waals surface area contributed by atoms with E-state index in [1.54, 1.807) is 0 Å². The first-order valence-corrected chi connectivity index (χ1v) is 7.34. The number of allylic oxidation sites excluding steroid dienone is 2. The van der Waals surface area contributed by atoms with Crippen LogP contribution < -0.4 is 0 Å². The molecule has 0 N–H and O–H groups in total. The summed E-state index contributed by atoms with van der Waals surface area (Å²) in [6.07, 6.45) is 9.55. The minimum atomic E-state index is 0.662. The van der Waals surface area contributed by atoms with Crippen LogP contribution in [0.1, 0.15) is 49.7 Å². The van der Waals surface area contributed by atoms with Gasteiger partial charge in [-0.2, -0.15) is 0 Å². The van der Waals surface area contributed by atoms with Crippen molar-refractivity contribution in [2.45, 2.75) is 38.5 Å². The van der Waals surface area contributed by atoms with Crippen LogP contribution in [0.15, 0.2) is 43.0 Å². The van der Waals surface area contributed by atoms with Gasteiger partial charge < -0.3 is 4.74 Å². The van der Waals surface area contributed by atoms with Gasteiger partial charge in [0.25, 0.3) is 0 Å². The monoisotopic (exact) mass is 256 g/mol. The zero-order valence-corrected chi connectivity index (χ0v) is 11.9. The van der Waals surface area contributed by atoms with Gasteiger partial charge in [0.05, 0.1) is 6.61 Å². The van der Waals surface area contributed by atoms with Gasteiger partial charge in [0.1, 0.15) is 0 Å². The first-order chi connectivity index (χ1) is 9.31. The van der Waals surface area contributed by atoms with Crippen LogP contribution >= 0.6 is 0 Å². The Kier molecular flexibility index (Phi) is 5.41. The Morgan fingerprint density at radius 2 is 1.95 bits per heavy atom. The average molecular weight is 256 g/mol. The lowest BCUT2D eigenvalue weighted by atomic mass is 9.95. The van der Waals surface area contributed by atoms with Gasteiger partial charge in [0.15, 0.2) is 0 Å². The molecule has 1 heteroatoms. The van der Waals surface area contributed by atoms with Gasteiger partial charge >= 0.3 is 0 Å². The Balaban J connectivity index is 1.93. The molecule has 0 radical (unpaired) electrons. The van der Waals surface area contributed by atoms with Gasteiger partial charge in [0.2, 0.25) is 0 Å². The van der Waals surface area contributed by atoms with Gasteiger partial charge in [0, 0.05) is 6.61 Å². The van der Waals surface area contributed by atoms with Crippen LogP contribution in [-0.4, -0.2) is 13.2 Å². The Morgan fingerprint density at radius 1 is 1.26 bits per heavy atom. The molecule has 0 aromatic heterocycles. The zero-order chi connectivity index (χ0) is 13.5. The maximum atomic E-state index is 5.28. The van der Waals surface area contributed by atoms with E-state index in [-0.39, 0.29) is 0 Å². The van der Waals surface area contributed by atoms with E-state index in [2.05, 4.69) is 30.8 Å². The van der Waals surface area contributed by atoms with E-state index in [1.165, 1.54) is 36.8 Å². The molecule has 1 aliphatic rings. The second-order valence-electron chi connectivity index (χ2n) is 5.19. The van der Waals surface area contributed by atoms with Crippen LogP contribution in [0.2, 0.25) is 0 Å². The Morgan fingerprint density at radius 3 is 2.58 bits per heavy atom. The van der Waals surface area contributed by atoms with Crippen molar-refractivity contribution in [2.24, 2.45) is 0 Å². The summed E-state index contributed by atoms with van der Waals surface area (Å²) < 4.78 is 5.28. The van der Waals surface area contributed by atoms with Crippen molar-refractivity contribution in [3.05, 3.63) is 54.1 Å². The SMILES string of the molecule is C=C(/C=C\COCC)c1ccc(C2CCCC2)cc1. The van der Waals surface area contributed by atoms with Crippen molar-refractivity contribution in [3.8, 4) is 0 Å². The number of rotatable bonds is 6. The lowest BCUT2D eigenvalue weighted by molar-refractivity contribution is 0.177. The van der Waals surface area contributed by atoms with Crippen LogP contribution in [0.4, 0.5) is 0 Å². The lowest BCUT2D eigenvalue weighted by Crippen LogP contribution is -1.92. The molecule has 1 aromatic rings. The molecule has 0 spiro atoms. The normalized spacial score (nSPS) is 16.3. The molecule has 1 nitrogen and oxygen atoms in total. The molecule has 1 saturated carbocycles. The molecule has 0 bridgehead atoms. The third-order valence-electron chi connectivity index (χ3n) is 3.85. The molecule has 0 aliphatic heterocycles. The van der Waals surface area contributed by atoms with Gasteiger partial charge in [-0.15, -0.1) is 0 Å². The number of benzene rings is 1. The third kappa shape index (κ3) is 4.07.